The van der Waals surface area contributed by atoms with E-state index in [2.05, 4.69) is 53.2 Å². The number of aliphatic imine (C=N–C) groups is 1. The molecule has 0 bridgehead atoms. The third-order valence-corrected chi connectivity index (χ3v) is 5.68. The van der Waals surface area contributed by atoms with E-state index in [4.69, 9.17) is 4.99 Å². The predicted molar refractivity (Wildman–Crippen MR) is 108 cm³/mol. The first-order valence-corrected chi connectivity index (χ1v) is 10.3. The zero-order valence-electron chi connectivity index (χ0n) is 16.3. The number of aryl methyl sites for hydroxylation is 2. The molecule has 2 heterocycles. The standard InChI is InChI=1S/C18H34N6S/c1-5-19-18(20-8-7-17-22-15(2)16(3)25-17)21-9-12-24-11-6-10-23(4)13-14-24/h5-14H2,1-4H3,(H2,19,20,21). The molecule has 2 N–H and O–H groups in total. The number of nitrogens with zero attached hydrogens (tertiary/aromatic N) is 4. The van der Waals surface area contributed by atoms with Gasteiger partial charge in [0.05, 0.1) is 17.2 Å². The van der Waals surface area contributed by atoms with Gasteiger partial charge in [-0.1, -0.05) is 0 Å². The zero-order valence-corrected chi connectivity index (χ0v) is 17.1. The van der Waals surface area contributed by atoms with Crippen molar-refractivity contribution in [1.82, 2.24) is 25.4 Å². The van der Waals surface area contributed by atoms with Crippen LogP contribution in [0, 0.1) is 13.8 Å². The van der Waals surface area contributed by atoms with Crippen LogP contribution < -0.4 is 10.6 Å². The smallest absolute Gasteiger partial charge is 0.191 e. The molecule has 1 fully saturated rings. The fourth-order valence-electron chi connectivity index (χ4n) is 2.90. The van der Waals surface area contributed by atoms with Crippen LogP contribution in [0.4, 0.5) is 0 Å². The molecule has 0 aromatic carbocycles. The Hall–Kier alpha value is -1.18. The van der Waals surface area contributed by atoms with E-state index >= 15 is 0 Å². The number of hydrogen-bond acceptors (Lipinski definition) is 5. The molecule has 0 unspecified atom stereocenters. The van der Waals surface area contributed by atoms with Crippen LogP contribution in [0.15, 0.2) is 4.99 Å². The van der Waals surface area contributed by atoms with Gasteiger partial charge in [0.1, 0.15) is 0 Å². The number of nitrogens with one attached hydrogen (secondary N) is 2. The molecular weight excluding hydrogens is 332 g/mol. The van der Waals surface area contributed by atoms with E-state index in [0.717, 1.165) is 57.3 Å². The molecule has 6 nitrogen and oxygen atoms in total. The lowest BCUT2D eigenvalue weighted by molar-refractivity contribution is 0.283. The van der Waals surface area contributed by atoms with Gasteiger partial charge in [-0.2, -0.15) is 0 Å². The Morgan fingerprint density at radius 2 is 2.04 bits per heavy atom. The first-order valence-electron chi connectivity index (χ1n) is 9.44. The van der Waals surface area contributed by atoms with E-state index in [1.54, 1.807) is 11.3 Å². The molecule has 1 aromatic heterocycles. The van der Waals surface area contributed by atoms with E-state index in [9.17, 15) is 0 Å². The third kappa shape index (κ3) is 7.30. The Kier molecular flexibility index (Phi) is 8.64. The molecule has 0 atom stereocenters. The molecule has 0 spiro atoms. The second kappa shape index (κ2) is 10.7. The number of guanidine groups is 1. The van der Waals surface area contributed by atoms with Crippen molar-refractivity contribution in [2.45, 2.75) is 33.6 Å². The Morgan fingerprint density at radius 3 is 2.76 bits per heavy atom. The average Bonchev–Trinajstić information content (AvgIpc) is 2.77. The van der Waals surface area contributed by atoms with E-state index < -0.39 is 0 Å². The topological polar surface area (TPSA) is 55.8 Å². The summed E-state index contributed by atoms with van der Waals surface area (Å²) in [6.45, 7) is 14.7. The Balaban J connectivity index is 1.73. The van der Waals surface area contributed by atoms with Gasteiger partial charge in [0, 0.05) is 44.0 Å². The zero-order chi connectivity index (χ0) is 18.1. The van der Waals surface area contributed by atoms with Crippen molar-refractivity contribution < 1.29 is 0 Å². The van der Waals surface area contributed by atoms with Crippen molar-refractivity contribution in [2.75, 3.05) is 59.4 Å². The molecule has 0 saturated carbocycles. The van der Waals surface area contributed by atoms with Crippen LogP contribution in [0.25, 0.3) is 0 Å². The molecule has 1 aliphatic rings. The molecule has 142 valence electrons. The van der Waals surface area contributed by atoms with Crippen LogP contribution in [0.5, 0.6) is 0 Å². The van der Waals surface area contributed by atoms with Gasteiger partial charge in [-0.05, 0) is 47.3 Å². The van der Waals surface area contributed by atoms with Gasteiger partial charge in [0.2, 0.25) is 0 Å². The number of thiazole rings is 1. The highest BCUT2D eigenvalue weighted by molar-refractivity contribution is 7.11. The molecule has 1 aliphatic heterocycles. The van der Waals surface area contributed by atoms with E-state index in [1.165, 1.54) is 29.4 Å². The Morgan fingerprint density at radius 1 is 1.20 bits per heavy atom. The molecule has 0 aliphatic carbocycles. The second-order valence-electron chi connectivity index (χ2n) is 6.69. The van der Waals surface area contributed by atoms with Crippen LogP contribution in [-0.2, 0) is 6.42 Å². The molecule has 25 heavy (non-hydrogen) atoms. The lowest BCUT2D eigenvalue weighted by Crippen LogP contribution is -2.39. The summed E-state index contributed by atoms with van der Waals surface area (Å²) in [5, 5.41) is 7.97. The van der Waals surface area contributed by atoms with Crippen LogP contribution >= 0.6 is 11.3 Å². The summed E-state index contributed by atoms with van der Waals surface area (Å²) in [5.74, 6) is 0.916. The average molecular weight is 367 g/mol. The minimum atomic E-state index is 0.842. The summed E-state index contributed by atoms with van der Waals surface area (Å²) in [5.41, 5.74) is 1.16. The maximum Gasteiger partial charge on any atom is 0.191 e. The van der Waals surface area contributed by atoms with Gasteiger partial charge in [-0.25, -0.2) is 4.98 Å². The summed E-state index contributed by atoms with van der Waals surface area (Å²) in [4.78, 5) is 15.6. The molecule has 2 rings (SSSR count). The van der Waals surface area contributed by atoms with Crippen LogP contribution in [0.1, 0.15) is 28.9 Å². The largest absolute Gasteiger partial charge is 0.357 e. The minimum absolute atomic E-state index is 0.842. The van der Waals surface area contributed by atoms with E-state index in [-0.39, 0.29) is 0 Å². The fraction of sp³-hybridized carbons (Fsp3) is 0.778. The summed E-state index contributed by atoms with van der Waals surface area (Å²) in [6.07, 6.45) is 2.20. The minimum Gasteiger partial charge on any atom is -0.357 e. The summed E-state index contributed by atoms with van der Waals surface area (Å²) in [7, 11) is 2.21. The SMILES string of the molecule is CCNC(=NCCN1CCCN(C)CC1)NCCc1nc(C)c(C)s1. The van der Waals surface area contributed by atoms with E-state index in [0.29, 0.717) is 0 Å². The van der Waals surface area contributed by atoms with Gasteiger partial charge in [-0.15, -0.1) is 11.3 Å². The number of rotatable bonds is 7. The van der Waals surface area contributed by atoms with Crippen molar-refractivity contribution in [3.63, 3.8) is 0 Å². The molecule has 1 aromatic rings. The highest BCUT2D eigenvalue weighted by Crippen LogP contribution is 2.16. The Bertz CT molecular complexity index is 522. The second-order valence-corrected chi connectivity index (χ2v) is 7.97. The number of hydrogen-bond donors (Lipinski definition) is 2. The normalized spacial score (nSPS) is 17.5. The maximum atomic E-state index is 4.73. The van der Waals surface area contributed by atoms with Crippen LogP contribution in [-0.4, -0.2) is 80.1 Å². The predicted octanol–water partition coefficient (Wildman–Crippen LogP) is 1.50. The van der Waals surface area contributed by atoms with Crippen LogP contribution in [0.3, 0.4) is 0 Å². The molecule has 1 saturated heterocycles. The van der Waals surface area contributed by atoms with Crippen molar-refractivity contribution in [1.29, 1.82) is 0 Å². The van der Waals surface area contributed by atoms with Gasteiger partial charge in [0.25, 0.3) is 0 Å². The summed E-state index contributed by atoms with van der Waals surface area (Å²) < 4.78 is 0. The number of aromatic nitrogens is 1. The molecular formula is C18H34N6S. The third-order valence-electron chi connectivity index (χ3n) is 4.55. The first kappa shape index (κ1) is 20.1. The van der Waals surface area contributed by atoms with E-state index in [1.807, 2.05) is 0 Å². The highest BCUT2D eigenvalue weighted by Gasteiger charge is 2.11. The molecule has 0 radical (unpaired) electrons. The summed E-state index contributed by atoms with van der Waals surface area (Å²) in [6, 6.07) is 0. The lowest BCUT2D eigenvalue weighted by atomic mass is 10.4. The quantitative estimate of drug-likeness (QED) is 0.566. The van der Waals surface area contributed by atoms with Crippen molar-refractivity contribution >= 4 is 17.3 Å². The van der Waals surface area contributed by atoms with Crippen LogP contribution in [0.2, 0.25) is 0 Å². The maximum absolute atomic E-state index is 4.73. The van der Waals surface area contributed by atoms with Crippen molar-refractivity contribution in [3.8, 4) is 0 Å². The van der Waals surface area contributed by atoms with Gasteiger partial charge >= 0.3 is 0 Å². The monoisotopic (exact) mass is 366 g/mol. The number of likely N-dealkylation sites (N-methyl/N-ethyl adjacent to an activating group) is 1. The fourth-order valence-corrected chi connectivity index (χ4v) is 3.84. The van der Waals surface area contributed by atoms with Gasteiger partial charge < -0.3 is 20.4 Å². The molecule has 7 heteroatoms. The molecule has 0 amide bonds. The van der Waals surface area contributed by atoms with Gasteiger partial charge in [-0.3, -0.25) is 4.99 Å². The lowest BCUT2D eigenvalue weighted by Gasteiger charge is -2.19. The summed E-state index contributed by atoms with van der Waals surface area (Å²) >= 11 is 1.80. The highest BCUT2D eigenvalue weighted by atomic mass is 32.1. The first-order chi connectivity index (χ1) is 12.1. The van der Waals surface area contributed by atoms with Gasteiger partial charge in [0.15, 0.2) is 5.96 Å². The van der Waals surface area contributed by atoms with Crippen molar-refractivity contribution in [3.05, 3.63) is 15.6 Å². The Labute approximate surface area is 156 Å². The van der Waals surface area contributed by atoms with Crippen molar-refractivity contribution in [2.24, 2.45) is 4.99 Å².